The van der Waals surface area contributed by atoms with Crippen molar-refractivity contribution in [1.82, 2.24) is 0 Å². The van der Waals surface area contributed by atoms with Crippen LogP contribution in [0.4, 0.5) is 11.4 Å². The number of fused-ring (bicyclic) bond motifs is 8. The lowest BCUT2D eigenvalue weighted by Crippen LogP contribution is -2.47. The summed E-state index contributed by atoms with van der Waals surface area (Å²) in [7, 11) is 0. The maximum absolute atomic E-state index is 6.98. The Morgan fingerprint density at radius 3 is 2.53 bits per heavy atom. The summed E-state index contributed by atoms with van der Waals surface area (Å²) in [5.74, 6) is 0.537. The number of allylic oxidation sites excluding steroid dienone is 1. The number of hydrogen-bond acceptors (Lipinski definition) is 2. The standard InChI is InChI=1S/C33H39N2O/c1-19(2)21-9-11-27-25(17-21)33(6,7)31-23-18-22-28(36-29(23)13-15-35(27)31)12-14-34-26-10-8-20(3)16-24(26)32(4,5)30(22)34/h8-11,16-19,28-29H,12-15H2,1-7H3/q+1. The summed E-state index contributed by atoms with van der Waals surface area (Å²) in [6.45, 7) is 18.5. The lowest BCUT2D eigenvalue weighted by molar-refractivity contribution is -0.445. The number of nitrogens with zero attached hydrogens (tertiary/aromatic N) is 2. The highest BCUT2D eigenvalue weighted by Gasteiger charge is 2.54. The second-order valence-electron chi connectivity index (χ2n) is 12.9. The molecule has 2 aromatic carbocycles. The average Bonchev–Trinajstić information content (AvgIpc) is 3.22. The first-order valence-electron chi connectivity index (χ1n) is 13.9. The number of rotatable bonds is 1. The summed E-state index contributed by atoms with van der Waals surface area (Å²) in [6.07, 6.45) is 5.08. The summed E-state index contributed by atoms with van der Waals surface area (Å²) in [5, 5.41) is 0. The molecular weight excluding hydrogens is 440 g/mol. The van der Waals surface area contributed by atoms with Gasteiger partial charge in [-0.25, -0.2) is 0 Å². The van der Waals surface area contributed by atoms with Crippen LogP contribution < -0.4 is 4.90 Å². The Balaban J connectivity index is 1.41. The van der Waals surface area contributed by atoms with Crippen LogP contribution in [0.25, 0.3) is 0 Å². The van der Waals surface area contributed by atoms with E-state index in [1.165, 1.54) is 56.2 Å². The van der Waals surface area contributed by atoms with Crippen molar-refractivity contribution < 1.29 is 9.31 Å². The summed E-state index contributed by atoms with van der Waals surface area (Å²) in [5.41, 5.74) is 14.2. The van der Waals surface area contributed by atoms with Gasteiger partial charge in [0.1, 0.15) is 0 Å². The zero-order chi connectivity index (χ0) is 25.1. The Kier molecular flexibility index (Phi) is 4.52. The van der Waals surface area contributed by atoms with E-state index in [0.29, 0.717) is 5.92 Å². The molecule has 0 saturated carbocycles. The van der Waals surface area contributed by atoms with Crippen LogP contribution in [-0.2, 0) is 15.6 Å². The zero-order valence-electron chi connectivity index (χ0n) is 22.9. The van der Waals surface area contributed by atoms with E-state index in [4.69, 9.17) is 4.74 Å². The number of aryl methyl sites for hydroxylation is 1. The maximum atomic E-state index is 6.98. The van der Waals surface area contributed by atoms with E-state index < -0.39 is 0 Å². The molecule has 2 unspecified atom stereocenters. The van der Waals surface area contributed by atoms with Crippen molar-refractivity contribution in [2.75, 3.05) is 18.0 Å². The SMILES string of the molecule is Cc1ccc2c(c1)C(C)(C)C1=C3C=C4C5=[N+](CCC4OC3CCN12)c1ccc(C(C)C)cc1C5(C)C. The van der Waals surface area contributed by atoms with Gasteiger partial charge in [0.2, 0.25) is 5.69 Å². The molecule has 7 rings (SSSR count). The van der Waals surface area contributed by atoms with E-state index in [2.05, 4.69) is 100 Å². The number of ether oxygens (including phenoxy) is 1. The van der Waals surface area contributed by atoms with Crippen molar-refractivity contribution in [3.8, 4) is 0 Å². The molecule has 3 heteroatoms. The highest BCUT2D eigenvalue weighted by atomic mass is 16.5. The van der Waals surface area contributed by atoms with Gasteiger partial charge in [-0.2, -0.15) is 4.58 Å². The van der Waals surface area contributed by atoms with Gasteiger partial charge in [0.05, 0.1) is 17.6 Å². The molecule has 36 heavy (non-hydrogen) atoms. The predicted octanol–water partition coefficient (Wildman–Crippen LogP) is 7.05. The quantitative estimate of drug-likeness (QED) is 0.407. The minimum atomic E-state index is -0.0359. The third-order valence-corrected chi connectivity index (χ3v) is 9.60. The molecule has 5 heterocycles. The first-order valence-corrected chi connectivity index (χ1v) is 13.9. The molecule has 3 nitrogen and oxygen atoms in total. The fourth-order valence-electron chi connectivity index (χ4n) is 7.78. The highest BCUT2D eigenvalue weighted by molar-refractivity contribution is 6.08. The van der Waals surface area contributed by atoms with Crippen LogP contribution in [0.1, 0.15) is 82.6 Å². The van der Waals surface area contributed by atoms with Crippen molar-refractivity contribution in [2.24, 2.45) is 0 Å². The molecule has 5 aliphatic heterocycles. The lowest BCUT2D eigenvalue weighted by Gasteiger charge is -2.42. The normalized spacial score (nSPS) is 26.8. The van der Waals surface area contributed by atoms with E-state index >= 15 is 0 Å². The molecule has 0 amide bonds. The minimum Gasteiger partial charge on any atom is -0.365 e. The summed E-state index contributed by atoms with van der Waals surface area (Å²) >= 11 is 0. The second kappa shape index (κ2) is 7.22. The van der Waals surface area contributed by atoms with Crippen LogP contribution in [0.15, 0.2) is 59.3 Å². The van der Waals surface area contributed by atoms with Crippen LogP contribution in [0.2, 0.25) is 0 Å². The predicted molar refractivity (Wildman–Crippen MR) is 148 cm³/mol. The van der Waals surface area contributed by atoms with Crippen LogP contribution in [0.5, 0.6) is 0 Å². The molecule has 0 saturated heterocycles. The van der Waals surface area contributed by atoms with Crippen molar-refractivity contribution >= 4 is 17.1 Å². The van der Waals surface area contributed by atoms with Gasteiger partial charge < -0.3 is 9.64 Å². The molecule has 2 aromatic rings. The smallest absolute Gasteiger partial charge is 0.209 e. The average molecular weight is 480 g/mol. The summed E-state index contributed by atoms with van der Waals surface area (Å²) in [4.78, 5) is 2.59. The van der Waals surface area contributed by atoms with E-state index in [9.17, 15) is 0 Å². The van der Waals surface area contributed by atoms with Crippen LogP contribution >= 0.6 is 0 Å². The second-order valence-corrected chi connectivity index (χ2v) is 12.9. The van der Waals surface area contributed by atoms with Gasteiger partial charge in [0, 0.05) is 52.5 Å². The minimum absolute atomic E-state index is 0.0258. The van der Waals surface area contributed by atoms with Gasteiger partial charge in [-0.05, 0) is 62.4 Å². The van der Waals surface area contributed by atoms with E-state index in [1.54, 1.807) is 0 Å². The summed E-state index contributed by atoms with van der Waals surface area (Å²) < 4.78 is 9.59. The largest absolute Gasteiger partial charge is 0.365 e. The summed E-state index contributed by atoms with van der Waals surface area (Å²) in [6, 6.07) is 14.2. The Labute approximate surface area is 216 Å². The first-order chi connectivity index (χ1) is 17.1. The van der Waals surface area contributed by atoms with Gasteiger partial charge in [0.15, 0.2) is 12.3 Å². The van der Waals surface area contributed by atoms with E-state index in [-0.39, 0.29) is 23.0 Å². The third-order valence-electron chi connectivity index (χ3n) is 9.60. The Bertz CT molecular complexity index is 1420. The molecule has 0 bridgehead atoms. The van der Waals surface area contributed by atoms with Crippen LogP contribution in [0, 0.1) is 6.92 Å². The van der Waals surface area contributed by atoms with E-state index in [1.807, 2.05) is 0 Å². The van der Waals surface area contributed by atoms with Gasteiger partial charge in [-0.3, -0.25) is 0 Å². The zero-order valence-corrected chi connectivity index (χ0v) is 22.9. The molecule has 0 spiro atoms. The molecule has 0 aliphatic carbocycles. The number of hydrogen-bond donors (Lipinski definition) is 0. The van der Waals surface area contributed by atoms with E-state index in [0.717, 1.165) is 25.9 Å². The Hall–Kier alpha value is -2.65. The molecule has 0 aromatic heterocycles. The monoisotopic (exact) mass is 479 g/mol. The fraction of sp³-hybridized carbons (Fsp3) is 0.485. The van der Waals surface area contributed by atoms with Crippen molar-refractivity contribution in [1.29, 1.82) is 0 Å². The topological polar surface area (TPSA) is 15.5 Å². The van der Waals surface area contributed by atoms with Gasteiger partial charge in [-0.15, -0.1) is 0 Å². The maximum Gasteiger partial charge on any atom is 0.209 e. The number of benzene rings is 2. The lowest BCUT2D eigenvalue weighted by atomic mass is 9.73. The molecule has 2 atom stereocenters. The molecular formula is C33H39N2O+. The van der Waals surface area contributed by atoms with Crippen molar-refractivity contribution in [3.63, 3.8) is 0 Å². The number of anilines is 1. The van der Waals surface area contributed by atoms with Gasteiger partial charge in [-0.1, -0.05) is 51.5 Å². The van der Waals surface area contributed by atoms with Crippen LogP contribution in [-0.4, -0.2) is 35.6 Å². The molecule has 5 aliphatic rings. The molecule has 0 radical (unpaired) electrons. The molecule has 0 N–H and O–H groups in total. The third kappa shape index (κ3) is 2.81. The molecule has 186 valence electrons. The fourth-order valence-corrected chi connectivity index (χ4v) is 7.78. The van der Waals surface area contributed by atoms with Gasteiger partial charge >= 0.3 is 0 Å². The Morgan fingerprint density at radius 2 is 1.75 bits per heavy atom. The first kappa shape index (κ1) is 22.5. The Morgan fingerprint density at radius 1 is 0.944 bits per heavy atom. The van der Waals surface area contributed by atoms with Crippen molar-refractivity contribution in [2.45, 2.75) is 90.3 Å². The van der Waals surface area contributed by atoms with Gasteiger partial charge in [0.25, 0.3) is 0 Å². The van der Waals surface area contributed by atoms with Crippen LogP contribution in [0.3, 0.4) is 0 Å². The molecule has 0 fully saturated rings. The highest BCUT2D eigenvalue weighted by Crippen LogP contribution is 2.54. The van der Waals surface area contributed by atoms with Crippen molar-refractivity contribution in [3.05, 3.63) is 81.6 Å².